The van der Waals surface area contributed by atoms with Gasteiger partial charge in [-0.05, 0) is 37.5 Å². The summed E-state index contributed by atoms with van der Waals surface area (Å²) in [5.74, 6) is 0. The molecule has 0 saturated heterocycles. The van der Waals surface area contributed by atoms with Gasteiger partial charge in [-0.1, -0.05) is 33.1 Å². The predicted molar refractivity (Wildman–Crippen MR) is 69.4 cm³/mol. The Morgan fingerprint density at radius 2 is 1.81 bits per heavy atom. The Morgan fingerprint density at radius 3 is 2.38 bits per heavy atom. The molecule has 16 heavy (non-hydrogen) atoms. The van der Waals surface area contributed by atoms with E-state index < -0.39 is 0 Å². The van der Waals surface area contributed by atoms with Crippen LogP contribution in [0.4, 0.5) is 0 Å². The number of nitrogens with two attached hydrogens (primary N) is 1. The summed E-state index contributed by atoms with van der Waals surface area (Å²) in [5.41, 5.74) is 7.09. The Bertz CT molecular complexity index is 229. The van der Waals surface area contributed by atoms with Crippen LogP contribution >= 0.6 is 0 Å². The zero-order chi connectivity index (χ0) is 11.6. The second-order valence-electron chi connectivity index (χ2n) is 6.91. The summed E-state index contributed by atoms with van der Waals surface area (Å²) in [6.07, 6.45) is 10.5. The lowest BCUT2D eigenvalue weighted by atomic mass is 9.82. The summed E-state index contributed by atoms with van der Waals surface area (Å²) in [6, 6.07) is 0.720. The normalized spacial score (nSPS) is 32.8. The maximum Gasteiger partial charge on any atom is 0.0280 e. The van der Waals surface area contributed by atoms with Crippen LogP contribution in [0.3, 0.4) is 0 Å². The molecule has 0 amide bonds. The van der Waals surface area contributed by atoms with E-state index in [9.17, 15) is 0 Å². The summed E-state index contributed by atoms with van der Waals surface area (Å²) in [4.78, 5) is 0. The van der Waals surface area contributed by atoms with Crippen molar-refractivity contribution in [1.82, 2.24) is 5.32 Å². The first kappa shape index (κ1) is 12.4. The van der Waals surface area contributed by atoms with E-state index >= 15 is 0 Å². The Kier molecular flexibility index (Phi) is 3.60. The molecule has 94 valence electrons. The first-order chi connectivity index (χ1) is 7.49. The third kappa shape index (κ3) is 3.21. The van der Waals surface area contributed by atoms with E-state index in [2.05, 4.69) is 19.2 Å². The van der Waals surface area contributed by atoms with Gasteiger partial charge in [-0.25, -0.2) is 0 Å². The van der Waals surface area contributed by atoms with Crippen LogP contribution in [0.15, 0.2) is 0 Å². The van der Waals surface area contributed by atoms with E-state index in [4.69, 9.17) is 5.73 Å². The van der Waals surface area contributed by atoms with Crippen molar-refractivity contribution in [3.8, 4) is 0 Å². The van der Waals surface area contributed by atoms with Crippen LogP contribution in [-0.4, -0.2) is 18.1 Å². The Morgan fingerprint density at radius 1 is 1.12 bits per heavy atom. The molecule has 3 N–H and O–H groups in total. The van der Waals surface area contributed by atoms with Crippen LogP contribution in [0.5, 0.6) is 0 Å². The number of hydrogen-bond acceptors (Lipinski definition) is 2. The molecule has 2 rings (SSSR count). The van der Waals surface area contributed by atoms with Crippen molar-refractivity contribution in [1.29, 1.82) is 0 Å². The number of hydrogen-bond donors (Lipinski definition) is 2. The van der Waals surface area contributed by atoms with E-state index in [1.807, 2.05) is 0 Å². The molecule has 0 aromatic rings. The lowest BCUT2D eigenvalue weighted by molar-refractivity contribution is 0.268. The fraction of sp³-hybridized carbons (Fsp3) is 1.00. The molecule has 2 fully saturated rings. The summed E-state index contributed by atoms with van der Waals surface area (Å²) in [6.45, 7) is 5.80. The van der Waals surface area contributed by atoms with Gasteiger partial charge in [0.15, 0.2) is 0 Å². The van der Waals surface area contributed by atoms with Gasteiger partial charge in [0.25, 0.3) is 0 Å². The molecule has 2 aliphatic carbocycles. The van der Waals surface area contributed by atoms with E-state index in [1.165, 1.54) is 51.4 Å². The molecule has 0 aromatic carbocycles. The third-order valence-corrected chi connectivity index (χ3v) is 4.56. The van der Waals surface area contributed by atoms with Crippen LogP contribution < -0.4 is 11.1 Å². The zero-order valence-electron chi connectivity index (χ0n) is 11.0. The van der Waals surface area contributed by atoms with Crippen molar-refractivity contribution >= 4 is 0 Å². The zero-order valence-corrected chi connectivity index (χ0v) is 11.0. The van der Waals surface area contributed by atoms with Gasteiger partial charge in [0.1, 0.15) is 0 Å². The fourth-order valence-corrected chi connectivity index (χ4v) is 3.39. The first-order valence-corrected chi connectivity index (χ1v) is 7.02. The Labute approximate surface area is 100 Å². The van der Waals surface area contributed by atoms with Gasteiger partial charge in [-0.2, -0.15) is 0 Å². The van der Waals surface area contributed by atoms with E-state index in [0.717, 1.165) is 12.6 Å². The van der Waals surface area contributed by atoms with Crippen molar-refractivity contribution in [3.63, 3.8) is 0 Å². The molecule has 2 nitrogen and oxygen atoms in total. The van der Waals surface area contributed by atoms with Crippen LogP contribution in [0.2, 0.25) is 0 Å². The van der Waals surface area contributed by atoms with Crippen LogP contribution in [0.25, 0.3) is 0 Å². The van der Waals surface area contributed by atoms with Crippen molar-refractivity contribution < 1.29 is 0 Å². The second-order valence-corrected chi connectivity index (χ2v) is 6.91. The molecule has 0 aliphatic heterocycles. The lowest BCUT2D eigenvalue weighted by Crippen LogP contribution is -2.51. The highest BCUT2D eigenvalue weighted by Crippen LogP contribution is 2.37. The van der Waals surface area contributed by atoms with Crippen LogP contribution in [0.1, 0.15) is 65.2 Å². The highest BCUT2D eigenvalue weighted by Gasteiger charge is 2.33. The largest absolute Gasteiger partial charge is 0.324 e. The minimum absolute atomic E-state index is 0.102. The molecule has 0 aromatic heterocycles. The maximum atomic E-state index is 6.44. The Balaban J connectivity index is 1.75. The summed E-state index contributed by atoms with van der Waals surface area (Å²) in [5, 5.41) is 3.72. The molecule has 0 radical (unpaired) electrons. The molecule has 0 bridgehead atoms. The quantitative estimate of drug-likeness (QED) is 0.773. The van der Waals surface area contributed by atoms with Gasteiger partial charge >= 0.3 is 0 Å². The summed E-state index contributed by atoms with van der Waals surface area (Å²) < 4.78 is 0. The first-order valence-electron chi connectivity index (χ1n) is 7.02. The molecule has 2 aliphatic rings. The van der Waals surface area contributed by atoms with Gasteiger partial charge in [0.2, 0.25) is 0 Å². The fourth-order valence-electron chi connectivity index (χ4n) is 3.39. The predicted octanol–water partition coefficient (Wildman–Crippen LogP) is 2.82. The SMILES string of the molecule is CC1(C)CCC(NCC2(N)CCCCC2)C1. The minimum Gasteiger partial charge on any atom is -0.324 e. The third-order valence-electron chi connectivity index (χ3n) is 4.56. The van der Waals surface area contributed by atoms with Gasteiger partial charge in [-0.3, -0.25) is 0 Å². The Hall–Kier alpha value is -0.0800. The summed E-state index contributed by atoms with van der Waals surface area (Å²) >= 11 is 0. The highest BCUT2D eigenvalue weighted by atomic mass is 15.0. The summed E-state index contributed by atoms with van der Waals surface area (Å²) in [7, 11) is 0. The van der Waals surface area contributed by atoms with Crippen molar-refractivity contribution in [3.05, 3.63) is 0 Å². The van der Waals surface area contributed by atoms with Gasteiger partial charge in [-0.15, -0.1) is 0 Å². The van der Waals surface area contributed by atoms with Gasteiger partial charge in [0, 0.05) is 18.1 Å². The molecule has 1 unspecified atom stereocenters. The molecule has 2 saturated carbocycles. The van der Waals surface area contributed by atoms with E-state index in [-0.39, 0.29) is 5.54 Å². The molecule has 0 heterocycles. The van der Waals surface area contributed by atoms with Crippen LogP contribution in [0, 0.1) is 5.41 Å². The highest BCUT2D eigenvalue weighted by molar-refractivity contribution is 4.93. The minimum atomic E-state index is 0.102. The number of rotatable bonds is 3. The topological polar surface area (TPSA) is 38.0 Å². The smallest absolute Gasteiger partial charge is 0.0280 e. The average Bonchev–Trinajstić information content (AvgIpc) is 2.57. The molecular weight excluding hydrogens is 196 g/mol. The monoisotopic (exact) mass is 224 g/mol. The molecular formula is C14H28N2. The second kappa shape index (κ2) is 4.66. The van der Waals surface area contributed by atoms with E-state index in [0.29, 0.717) is 5.41 Å². The van der Waals surface area contributed by atoms with Gasteiger partial charge < -0.3 is 11.1 Å². The van der Waals surface area contributed by atoms with E-state index in [1.54, 1.807) is 0 Å². The van der Waals surface area contributed by atoms with Gasteiger partial charge in [0.05, 0.1) is 0 Å². The van der Waals surface area contributed by atoms with Crippen LogP contribution in [-0.2, 0) is 0 Å². The van der Waals surface area contributed by atoms with Crippen molar-refractivity contribution in [2.75, 3.05) is 6.54 Å². The average molecular weight is 224 g/mol. The van der Waals surface area contributed by atoms with Crippen molar-refractivity contribution in [2.24, 2.45) is 11.1 Å². The molecule has 0 spiro atoms. The number of nitrogens with one attached hydrogen (secondary N) is 1. The standard InChI is InChI=1S/C14H28N2/c1-13(2)9-6-12(10-13)16-11-14(15)7-4-3-5-8-14/h12,16H,3-11,15H2,1-2H3. The van der Waals surface area contributed by atoms with Crippen molar-refractivity contribution in [2.45, 2.75) is 76.8 Å². The maximum absolute atomic E-state index is 6.44. The lowest BCUT2D eigenvalue weighted by Gasteiger charge is -2.34. The molecule has 1 atom stereocenters. The molecule has 2 heteroatoms.